The van der Waals surface area contributed by atoms with Gasteiger partial charge in [-0.25, -0.2) is 0 Å². The predicted molar refractivity (Wildman–Crippen MR) is 88.0 cm³/mol. The molecule has 116 valence electrons. The van der Waals surface area contributed by atoms with Gasteiger partial charge in [0, 0.05) is 22.4 Å². The summed E-state index contributed by atoms with van der Waals surface area (Å²) in [5.74, 6) is 0.754. The number of hydrogen-bond acceptors (Lipinski definition) is 3. The Morgan fingerprint density at radius 1 is 1.29 bits per heavy atom. The minimum absolute atomic E-state index is 0.259. The van der Waals surface area contributed by atoms with Crippen LogP contribution in [0.4, 0.5) is 0 Å². The van der Waals surface area contributed by atoms with Crippen LogP contribution in [0, 0.1) is 5.92 Å². The number of rotatable bonds is 3. The zero-order valence-corrected chi connectivity index (χ0v) is 13.9. The molecular weight excluding hydrogens is 278 g/mol. The fourth-order valence-corrected chi connectivity index (χ4v) is 6.01. The van der Waals surface area contributed by atoms with Gasteiger partial charge in [0.1, 0.15) is 0 Å². The number of aryl methyl sites for hydroxylation is 2. The molecule has 1 aromatic rings. The van der Waals surface area contributed by atoms with E-state index in [1.54, 1.807) is 15.3 Å². The van der Waals surface area contributed by atoms with E-state index < -0.39 is 0 Å². The summed E-state index contributed by atoms with van der Waals surface area (Å²) < 4.78 is 6.12. The fraction of sp³-hybridized carbons (Fsp3) is 0.778. The Morgan fingerprint density at radius 3 is 2.86 bits per heavy atom. The SMILES string of the molecule is CNC(c1cc2c(s1)CCCC2)C1CCOC2(CCC2)C1. The molecule has 0 radical (unpaired) electrons. The zero-order valence-electron chi connectivity index (χ0n) is 13.1. The van der Waals surface area contributed by atoms with Crippen LogP contribution in [0.2, 0.25) is 0 Å². The van der Waals surface area contributed by atoms with Gasteiger partial charge >= 0.3 is 0 Å². The van der Waals surface area contributed by atoms with E-state index >= 15 is 0 Å². The molecule has 21 heavy (non-hydrogen) atoms. The highest BCUT2D eigenvalue weighted by atomic mass is 32.1. The van der Waals surface area contributed by atoms with E-state index in [1.807, 2.05) is 0 Å². The lowest BCUT2D eigenvalue weighted by atomic mass is 9.70. The van der Waals surface area contributed by atoms with Crippen LogP contribution in [-0.4, -0.2) is 19.3 Å². The summed E-state index contributed by atoms with van der Waals surface area (Å²) in [6.07, 6.45) is 11.8. The van der Waals surface area contributed by atoms with Gasteiger partial charge in [-0.1, -0.05) is 0 Å². The van der Waals surface area contributed by atoms with Crippen LogP contribution in [0.1, 0.15) is 66.3 Å². The second-order valence-electron chi connectivity index (χ2n) is 7.21. The largest absolute Gasteiger partial charge is 0.375 e. The third kappa shape index (κ3) is 2.58. The Morgan fingerprint density at radius 2 is 2.14 bits per heavy atom. The van der Waals surface area contributed by atoms with Crippen LogP contribution >= 0.6 is 11.3 Å². The van der Waals surface area contributed by atoms with E-state index in [0.29, 0.717) is 6.04 Å². The molecule has 2 fully saturated rings. The van der Waals surface area contributed by atoms with Crippen molar-refractivity contribution in [3.8, 4) is 0 Å². The van der Waals surface area contributed by atoms with E-state index in [-0.39, 0.29) is 5.60 Å². The molecule has 3 aliphatic rings. The second kappa shape index (κ2) is 5.68. The van der Waals surface area contributed by atoms with Crippen LogP contribution in [0.25, 0.3) is 0 Å². The smallest absolute Gasteiger partial charge is 0.0686 e. The number of thiophene rings is 1. The van der Waals surface area contributed by atoms with Crippen molar-refractivity contribution in [1.82, 2.24) is 5.32 Å². The molecule has 0 bridgehead atoms. The number of fused-ring (bicyclic) bond motifs is 1. The van der Waals surface area contributed by atoms with Gasteiger partial charge in [0.25, 0.3) is 0 Å². The van der Waals surface area contributed by atoms with E-state index in [9.17, 15) is 0 Å². The van der Waals surface area contributed by atoms with Crippen LogP contribution in [-0.2, 0) is 17.6 Å². The fourth-order valence-electron chi connectivity index (χ4n) is 4.55. The molecule has 0 amide bonds. The Kier molecular flexibility index (Phi) is 3.85. The standard InChI is InChI=1S/C18H27NOS/c1-19-17(14-7-10-20-18(12-14)8-4-9-18)16-11-13-5-2-3-6-15(13)21-16/h11,14,17,19H,2-10,12H2,1H3. The summed E-state index contributed by atoms with van der Waals surface area (Å²) in [7, 11) is 2.15. The van der Waals surface area contributed by atoms with E-state index in [0.717, 1.165) is 12.5 Å². The summed E-state index contributed by atoms with van der Waals surface area (Å²) in [4.78, 5) is 3.26. The first-order chi connectivity index (χ1) is 10.3. The number of ether oxygens (including phenoxy) is 1. The Labute approximate surface area is 132 Å². The van der Waals surface area contributed by atoms with Gasteiger partial charge in [0.05, 0.1) is 5.60 Å². The normalized spacial score (nSPS) is 28.9. The Balaban J connectivity index is 1.54. The van der Waals surface area contributed by atoms with Crippen molar-refractivity contribution in [3.63, 3.8) is 0 Å². The first kappa shape index (κ1) is 14.2. The molecule has 0 aromatic carbocycles. The minimum atomic E-state index is 0.259. The molecular formula is C18H27NOS. The maximum absolute atomic E-state index is 6.12. The monoisotopic (exact) mass is 305 g/mol. The van der Waals surface area contributed by atoms with Crippen molar-refractivity contribution < 1.29 is 4.74 Å². The first-order valence-electron chi connectivity index (χ1n) is 8.72. The van der Waals surface area contributed by atoms with Gasteiger partial charge < -0.3 is 10.1 Å². The molecule has 4 rings (SSSR count). The van der Waals surface area contributed by atoms with Crippen molar-refractivity contribution in [2.75, 3.05) is 13.7 Å². The Hall–Kier alpha value is -0.380. The molecule has 1 aromatic heterocycles. The minimum Gasteiger partial charge on any atom is -0.375 e. The third-order valence-electron chi connectivity index (χ3n) is 5.90. The molecule has 1 aliphatic heterocycles. The van der Waals surface area contributed by atoms with Crippen molar-refractivity contribution in [1.29, 1.82) is 0 Å². The predicted octanol–water partition coefficient (Wildman–Crippen LogP) is 4.24. The third-order valence-corrected chi connectivity index (χ3v) is 7.22. The molecule has 2 heterocycles. The summed E-state index contributed by atoms with van der Waals surface area (Å²) in [5, 5.41) is 3.64. The lowest BCUT2D eigenvalue weighted by Gasteiger charge is -2.48. The van der Waals surface area contributed by atoms with Crippen LogP contribution in [0.5, 0.6) is 0 Å². The van der Waals surface area contributed by atoms with Gasteiger partial charge in [-0.3, -0.25) is 0 Å². The highest BCUT2D eigenvalue weighted by molar-refractivity contribution is 7.12. The van der Waals surface area contributed by atoms with Gasteiger partial charge in [-0.05, 0) is 82.4 Å². The van der Waals surface area contributed by atoms with Crippen molar-refractivity contribution in [3.05, 3.63) is 21.4 Å². The summed E-state index contributed by atoms with van der Waals surface area (Å²) in [5.41, 5.74) is 1.90. The average Bonchev–Trinajstić information content (AvgIpc) is 2.90. The first-order valence-corrected chi connectivity index (χ1v) is 9.54. The maximum Gasteiger partial charge on any atom is 0.0686 e. The quantitative estimate of drug-likeness (QED) is 0.902. The average molecular weight is 305 g/mol. The molecule has 1 spiro atoms. The summed E-state index contributed by atoms with van der Waals surface area (Å²) in [6, 6.07) is 3.06. The molecule has 1 saturated heterocycles. The van der Waals surface area contributed by atoms with E-state index in [1.165, 1.54) is 57.8 Å². The zero-order chi connectivity index (χ0) is 14.3. The van der Waals surface area contributed by atoms with Crippen molar-refractivity contribution in [2.45, 2.75) is 69.4 Å². The number of hydrogen-bond donors (Lipinski definition) is 1. The summed E-state index contributed by atoms with van der Waals surface area (Å²) >= 11 is 2.08. The van der Waals surface area contributed by atoms with Gasteiger partial charge in [0.2, 0.25) is 0 Å². The van der Waals surface area contributed by atoms with E-state index in [2.05, 4.69) is 29.8 Å². The van der Waals surface area contributed by atoms with Crippen molar-refractivity contribution >= 4 is 11.3 Å². The van der Waals surface area contributed by atoms with Crippen LogP contribution in [0.15, 0.2) is 6.07 Å². The van der Waals surface area contributed by atoms with Crippen LogP contribution in [0.3, 0.4) is 0 Å². The summed E-state index contributed by atoms with van der Waals surface area (Å²) in [6.45, 7) is 0.966. The molecule has 1 N–H and O–H groups in total. The van der Waals surface area contributed by atoms with Crippen molar-refractivity contribution in [2.24, 2.45) is 5.92 Å². The van der Waals surface area contributed by atoms with Gasteiger partial charge in [-0.15, -0.1) is 11.3 Å². The van der Waals surface area contributed by atoms with E-state index in [4.69, 9.17) is 4.74 Å². The number of nitrogens with one attached hydrogen (secondary N) is 1. The second-order valence-corrected chi connectivity index (χ2v) is 8.38. The molecule has 2 unspecified atom stereocenters. The highest BCUT2D eigenvalue weighted by Crippen LogP contribution is 2.48. The molecule has 2 nitrogen and oxygen atoms in total. The molecule has 1 saturated carbocycles. The maximum atomic E-state index is 6.12. The van der Waals surface area contributed by atoms with Gasteiger partial charge in [0.15, 0.2) is 0 Å². The molecule has 2 atom stereocenters. The molecule has 2 aliphatic carbocycles. The van der Waals surface area contributed by atoms with Crippen LogP contribution < -0.4 is 5.32 Å². The lowest BCUT2D eigenvalue weighted by Crippen LogP contribution is -2.47. The lowest BCUT2D eigenvalue weighted by molar-refractivity contribution is -0.147. The topological polar surface area (TPSA) is 21.3 Å². The van der Waals surface area contributed by atoms with Gasteiger partial charge in [-0.2, -0.15) is 0 Å². The Bertz CT molecular complexity index is 482. The highest BCUT2D eigenvalue weighted by Gasteiger charge is 2.44. The molecule has 3 heteroatoms.